The number of hydrogen-bond donors (Lipinski definition) is 0. The van der Waals surface area contributed by atoms with Crippen molar-refractivity contribution >= 4 is 17.6 Å². The van der Waals surface area contributed by atoms with E-state index < -0.39 is 0 Å². The molecule has 0 saturated heterocycles. The number of hydrogen-bond acceptors (Lipinski definition) is 4. The zero-order valence-corrected chi connectivity index (χ0v) is 6.89. The molecule has 0 spiro atoms. The molecule has 1 aromatic heterocycles. The maximum atomic E-state index is 5.06. The molecule has 0 saturated carbocycles. The molecule has 0 fully saturated rings. The van der Waals surface area contributed by atoms with E-state index in [0.29, 0.717) is 0 Å². The smallest absolute Gasteiger partial charge is 0.169 e. The molecule has 1 aliphatic heterocycles. The molecule has 2 heterocycles. The van der Waals surface area contributed by atoms with Crippen molar-refractivity contribution in [2.24, 2.45) is 5.16 Å². The Bertz CT molecular complexity index is 274. The lowest BCUT2D eigenvalue weighted by Crippen LogP contribution is -1.94. The lowest BCUT2D eigenvalue weighted by atomic mass is 10.2. The van der Waals surface area contributed by atoms with Crippen LogP contribution in [0.1, 0.15) is 23.1 Å². The molecular formula is C7H7N2OS. The minimum Gasteiger partial charge on any atom is -0.386 e. The van der Waals surface area contributed by atoms with Crippen LogP contribution in [0.25, 0.3) is 0 Å². The normalized spacial score (nSPS) is 22.1. The van der Waals surface area contributed by atoms with Gasteiger partial charge in [-0.25, -0.2) is 4.98 Å². The quantitative estimate of drug-likeness (QED) is 0.639. The molecule has 1 unspecified atom stereocenters. The molecule has 0 bridgehead atoms. The zero-order chi connectivity index (χ0) is 7.68. The van der Waals surface area contributed by atoms with Crippen molar-refractivity contribution in [2.45, 2.75) is 19.4 Å². The van der Waals surface area contributed by atoms with Crippen molar-refractivity contribution in [3.63, 3.8) is 0 Å². The summed E-state index contributed by atoms with van der Waals surface area (Å²) in [7, 11) is 0. The van der Waals surface area contributed by atoms with Crippen molar-refractivity contribution in [3.05, 3.63) is 16.1 Å². The minimum atomic E-state index is 0.0718. The summed E-state index contributed by atoms with van der Waals surface area (Å²) in [5.41, 5.74) is 2.87. The van der Waals surface area contributed by atoms with E-state index in [0.717, 1.165) is 12.1 Å². The number of rotatable bonds is 1. The van der Waals surface area contributed by atoms with Crippen LogP contribution in [0.2, 0.25) is 0 Å². The van der Waals surface area contributed by atoms with E-state index in [1.807, 2.05) is 12.4 Å². The highest BCUT2D eigenvalue weighted by Gasteiger charge is 2.20. The van der Waals surface area contributed by atoms with E-state index in [-0.39, 0.29) is 6.10 Å². The Labute approximate surface area is 68.7 Å². The summed E-state index contributed by atoms with van der Waals surface area (Å²) < 4.78 is 0. The van der Waals surface area contributed by atoms with Crippen LogP contribution in [0.5, 0.6) is 0 Å². The average Bonchev–Trinajstić information content (AvgIpc) is 2.55. The molecule has 1 aromatic rings. The van der Waals surface area contributed by atoms with E-state index in [4.69, 9.17) is 4.84 Å². The van der Waals surface area contributed by atoms with Gasteiger partial charge in [-0.1, -0.05) is 5.16 Å². The fourth-order valence-corrected chi connectivity index (χ4v) is 1.84. The van der Waals surface area contributed by atoms with Crippen LogP contribution in [0.4, 0.5) is 0 Å². The van der Waals surface area contributed by atoms with Gasteiger partial charge in [-0.2, -0.15) is 0 Å². The SMILES string of the molecule is Cc1ncsc1C1C[C]=NO1. The third kappa shape index (κ3) is 1.14. The molecule has 1 atom stereocenters. The molecule has 0 N–H and O–H groups in total. The predicted molar refractivity (Wildman–Crippen MR) is 42.7 cm³/mol. The summed E-state index contributed by atoms with van der Waals surface area (Å²) in [6.07, 6.45) is 3.59. The van der Waals surface area contributed by atoms with Crippen LogP contribution in [-0.2, 0) is 4.84 Å². The molecule has 57 valence electrons. The van der Waals surface area contributed by atoms with Gasteiger partial charge in [0, 0.05) is 6.42 Å². The molecule has 0 aliphatic carbocycles. The number of nitrogens with zero attached hydrogens (tertiary/aromatic N) is 2. The largest absolute Gasteiger partial charge is 0.386 e. The van der Waals surface area contributed by atoms with Gasteiger partial charge in [0.1, 0.15) is 6.21 Å². The summed E-state index contributed by atoms with van der Waals surface area (Å²) in [5, 5.41) is 3.59. The minimum absolute atomic E-state index is 0.0718. The second-order valence-electron chi connectivity index (χ2n) is 2.35. The van der Waals surface area contributed by atoms with Gasteiger partial charge in [-0.05, 0) is 6.92 Å². The second kappa shape index (κ2) is 2.62. The molecular weight excluding hydrogens is 160 g/mol. The van der Waals surface area contributed by atoms with Crippen molar-refractivity contribution in [3.8, 4) is 0 Å². The third-order valence-electron chi connectivity index (χ3n) is 1.60. The highest BCUT2D eigenvalue weighted by Crippen LogP contribution is 2.29. The van der Waals surface area contributed by atoms with E-state index in [1.165, 1.54) is 4.88 Å². The van der Waals surface area contributed by atoms with Gasteiger partial charge in [0.2, 0.25) is 0 Å². The molecule has 0 amide bonds. The van der Waals surface area contributed by atoms with Crippen LogP contribution < -0.4 is 0 Å². The zero-order valence-electron chi connectivity index (χ0n) is 6.07. The van der Waals surface area contributed by atoms with Crippen LogP contribution in [0.3, 0.4) is 0 Å². The van der Waals surface area contributed by atoms with Gasteiger partial charge >= 0.3 is 0 Å². The summed E-state index contributed by atoms with van der Waals surface area (Å²) in [6.45, 7) is 1.98. The standard InChI is InChI=1S/C7H7N2OS/c1-5-7(11-4-8-5)6-2-3-9-10-6/h4,6H,2H2,1H3. The highest BCUT2D eigenvalue weighted by molar-refractivity contribution is 7.09. The first-order chi connectivity index (χ1) is 5.38. The van der Waals surface area contributed by atoms with E-state index in [2.05, 4.69) is 16.4 Å². The van der Waals surface area contributed by atoms with Crippen LogP contribution in [0.15, 0.2) is 10.7 Å². The van der Waals surface area contributed by atoms with E-state index in [1.54, 1.807) is 11.3 Å². The fourth-order valence-electron chi connectivity index (χ4n) is 1.02. The third-order valence-corrected chi connectivity index (χ3v) is 2.62. The Morgan fingerprint density at radius 2 is 2.73 bits per heavy atom. The van der Waals surface area contributed by atoms with Gasteiger partial charge < -0.3 is 4.84 Å². The Balaban J connectivity index is 2.22. The Hall–Kier alpha value is -0.900. The molecule has 2 rings (SSSR count). The first-order valence-electron chi connectivity index (χ1n) is 3.36. The number of aromatic nitrogens is 1. The van der Waals surface area contributed by atoms with Gasteiger partial charge in [-0.15, -0.1) is 11.3 Å². The Kier molecular flexibility index (Phi) is 1.62. The topological polar surface area (TPSA) is 34.5 Å². The van der Waals surface area contributed by atoms with Gasteiger partial charge in [0.05, 0.1) is 16.1 Å². The molecule has 0 aromatic carbocycles. The summed E-state index contributed by atoms with van der Waals surface area (Å²) in [4.78, 5) is 10.4. The number of thiazole rings is 1. The van der Waals surface area contributed by atoms with Crippen LogP contribution in [-0.4, -0.2) is 11.2 Å². The molecule has 11 heavy (non-hydrogen) atoms. The monoisotopic (exact) mass is 167 g/mol. The summed E-state index contributed by atoms with van der Waals surface area (Å²) >= 11 is 1.61. The fraction of sp³-hybridized carbons (Fsp3) is 0.429. The molecule has 1 aliphatic rings. The Morgan fingerprint density at radius 3 is 3.27 bits per heavy atom. The van der Waals surface area contributed by atoms with Gasteiger partial charge in [0.25, 0.3) is 0 Å². The van der Waals surface area contributed by atoms with E-state index in [9.17, 15) is 0 Å². The summed E-state index contributed by atoms with van der Waals surface area (Å²) in [6, 6.07) is 0. The predicted octanol–water partition coefficient (Wildman–Crippen LogP) is 1.78. The van der Waals surface area contributed by atoms with Gasteiger partial charge in [-0.3, -0.25) is 0 Å². The second-order valence-corrected chi connectivity index (χ2v) is 3.24. The first-order valence-corrected chi connectivity index (χ1v) is 4.24. The Morgan fingerprint density at radius 1 is 1.82 bits per heavy atom. The maximum absolute atomic E-state index is 5.06. The van der Waals surface area contributed by atoms with Crippen LogP contribution in [0, 0.1) is 6.92 Å². The van der Waals surface area contributed by atoms with Crippen molar-refractivity contribution < 1.29 is 4.84 Å². The average molecular weight is 167 g/mol. The lowest BCUT2D eigenvalue weighted by Gasteiger charge is -2.04. The maximum Gasteiger partial charge on any atom is 0.169 e. The van der Waals surface area contributed by atoms with Gasteiger partial charge in [0.15, 0.2) is 6.10 Å². The van der Waals surface area contributed by atoms with Crippen molar-refractivity contribution in [1.82, 2.24) is 4.98 Å². The summed E-state index contributed by atoms with van der Waals surface area (Å²) in [5.74, 6) is 0. The van der Waals surface area contributed by atoms with Crippen LogP contribution >= 0.6 is 11.3 Å². The van der Waals surface area contributed by atoms with Crippen molar-refractivity contribution in [2.75, 3.05) is 0 Å². The molecule has 3 nitrogen and oxygen atoms in total. The lowest BCUT2D eigenvalue weighted by molar-refractivity contribution is 0.0878. The molecule has 4 heteroatoms. The van der Waals surface area contributed by atoms with Crippen molar-refractivity contribution in [1.29, 1.82) is 0 Å². The molecule has 1 radical (unpaired) electrons. The number of aryl methyl sites for hydroxylation is 1. The van der Waals surface area contributed by atoms with E-state index >= 15 is 0 Å². The highest BCUT2D eigenvalue weighted by atomic mass is 32.1. The first kappa shape index (κ1) is 6.79.